The van der Waals surface area contributed by atoms with Crippen molar-refractivity contribution in [2.45, 2.75) is 52.5 Å². The Morgan fingerprint density at radius 3 is 2.39 bits per heavy atom. The van der Waals surface area contributed by atoms with Gasteiger partial charge < -0.3 is 15.4 Å². The molecule has 150 valence electrons. The van der Waals surface area contributed by atoms with Gasteiger partial charge in [0, 0.05) is 18.5 Å². The van der Waals surface area contributed by atoms with E-state index >= 15 is 0 Å². The molecule has 0 aliphatic heterocycles. The summed E-state index contributed by atoms with van der Waals surface area (Å²) >= 11 is 5.92. The lowest BCUT2D eigenvalue weighted by Crippen LogP contribution is -2.32. The van der Waals surface area contributed by atoms with Crippen molar-refractivity contribution >= 4 is 23.4 Å². The van der Waals surface area contributed by atoms with Crippen molar-refractivity contribution in [2.75, 3.05) is 0 Å². The van der Waals surface area contributed by atoms with Crippen LogP contribution in [0.2, 0.25) is 5.02 Å². The lowest BCUT2D eigenvalue weighted by molar-refractivity contribution is -0.122. The molecule has 0 aromatic heterocycles. The third kappa shape index (κ3) is 7.71. The molecule has 2 N–H and O–H groups in total. The Balaban J connectivity index is 1.94. The number of carbonyl (C=O) groups excluding carboxylic acids is 2. The van der Waals surface area contributed by atoms with Crippen molar-refractivity contribution in [3.05, 3.63) is 70.2 Å². The Labute approximate surface area is 171 Å². The first-order valence-corrected chi connectivity index (χ1v) is 9.70. The summed E-state index contributed by atoms with van der Waals surface area (Å²) in [7, 11) is 0. The van der Waals surface area contributed by atoms with Gasteiger partial charge in [-0.2, -0.15) is 0 Å². The van der Waals surface area contributed by atoms with Gasteiger partial charge in [-0.25, -0.2) is 0 Å². The van der Waals surface area contributed by atoms with Crippen LogP contribution in [0.5, 0.6) is 0 Å². The fourth-order valence-electron chi connectivity index (χ4n) is 2.74. The summed E-state index contributed by atoms with van der Waals surface area (Å²) in [6.45, 7) is 6.39. The molecule has 2 rings (SSSR count). The fourth-order valence-corrected chi connectivity index (χ4v) is 2.87. The molecule has 0 spiro atoms. The van der Waals surface area contributed by atoms with E-state index < -0.39 is 6.04 Å². The van der Waals surface area contributed by atoms with Crippen LogP contribution in [-0.4, -0.2) is 17.9 Å². The van der Waals surface area contributed by atoms with E-state index in [1.165, 1.54) is 6.92 Å². The van der Waals surface area contributed by atoms with Gasteiger partial charge >= 0.3 is 0 Å². The minimum Gasteiger partial charge on any atom is -0.374 e. The molecule has 0 radical (unpaired) electrons. The highest BCUT2D eigenvalue weighted by Crippen LogP contribution is 2.19. The Kier molecular flexibility index (Phi) is 8.48. The van der Waals surface area contributed by atoms with Crippen LogP contribution in [0.25, 0.3) is 0 Å². The second kappa shape index (κ2) is 10.8. The summed E-state index contributed by atoms with van der Waals surface area (Å²) in [6.07, 6.45) is 0.319. The smallest absolute Gasteiger partial charge is 0.222 e. The second-order valence-electron chi connectivity index (χ2n) is 6.97. The Morgan fingerprint density at radius 2 is 1.75 bits per heavy atom. The molecule has 2 aromatic rings. The van der Waals surface area contributed by atoms with Gasteiger partial charge in [-0.15, -0.1) is 0 Å². The summed E-state index contributed by atoms with van der Waals surface area (Å²) in [4.78, 5) is 24.0. The van der Waals surface area contributed by atoms with Crippen molar-refractivity contribution in [1.82, 2.24) is 10.6 Å². The van der Waals surface area contributed by atoms with Gasteiger partial charge in [-0.3, -0.25) is 9.59 Å². The maximum absolute atomic E-state index is 12.4. The third-order valence-electron chi connectivity index (χ3n) is 4.10. The SMILES string of the molecule is CC(=O)NC(CC(=O)NCc1cccc(COC(C)C)c1)c1ccc(Cl)cc1. The molecular formula is C22H27ClN2O3. The first-order valence-electron chi connectivity index (χ1n) is 9.32. The first-order chi connectivity index (χ1) is 13.3. The molecule has 0 aliphatic carbocycles. The van der Waals surface area contributed by atoms with E-state index in [2.05, 4.69) is 10.6 Å². The molecule has 0 aliphatic rings. The molecule has 1 unspecified atom stereocenters. The van der Waals surface area contributed by atoms with Crippen LogP contribution in [0.3, 0.4) is 0 Å². The maximum Gasteiger partial charge on any atom is 0.222 e. The number of amides is 2. The number of halogens is 1. The zero-order chi connectivity index (χ0) is 20.5. The van der Waals surface area contributed by atoms with E-state index in [-0.39, 0.29) is 24.3 Å². The van der Waals surface area contributed by atoms with Crippen molar-refractivity contribution in [3.63, 3.8) is 0 Å². The number of carbonyl (C=O) groups is 2. The quantitative estimate of drug-likeness (QED) is 0.662. The molecule has 1 atom stereocenters. The molecule has 5 nitrogen and oxygen atoms in total. The second-order valence-corrected chi connectivity index (χ2v) is 7.40. The van der Waals surface area contributed by atoms with Gasteiger partial charge in [0.2, 0.25) is 11.8 Å². The highest BCUT2D eigenvalue weighted by molar-refractivity contribution is 6.30. The van der Waals surface area contributed by atoms with Crippen molar-refractivity contribution < 1.29 is 14.3 Å². The van der Waals surface area contributed by atoms with Crippen LogP contribution >= 0.6 is 11.6 Å². The molecule has 0 fully saturated rings. The van der Waals surface area contributed by atoms with E-state index in [4.69, 9.17) is 16.3 Å². The van der Waals surface area contributed by atoms with Crippen molar-refractivity contribution in [3.8, 4) is 0 Å². The van der Waals surface area contributed by atoms with Gasteiger partial charge in [0.05, 0.1) is 25.2 Å². The topological polar surface area (TPSA) is 67.4 Å². The number of ether oxygens (including phenoxy) is 1. The lowest BCUT2D eigenvalue weighted by atomic mass is 10.0. The van der Waals surface area contributed by atoms with Crippen LogP contribution in [0.1, 0.15) is 49.9 Å². The summed E-state index contributed by atoms with van der Waals surface area (Å²) in [5.74, 6) is -0.330. The number of nitrogens with one attached hydrogen (secondary N) is 2. The van der Waals surface area contributed by atoms with Crippen molar-refractivity contribution in [2.24, 2.45) is 0 Å². The number of benzene rings is 2. The average molecular weight is 403 g/mol. The molecule has 0 saturated heterocycles. The summed E-state index contributed by atoms with van der Waals surface area (Å²) in [6, 6.07) is 14.7. The van der Waals surface area contributed by atoms with E-state index in [0.29, 0.717) is 18.2 Å². The fraction of sp³-hybridized carbons (Fsp3) is 0.364. The van der Waals surface area contributed by atoms with Gasteiger partial charge in [0.15, 0.2) is 0 Å². The van der Waals surface area contributed by atoms with E-state index in [9.17, 15) is 9.59 Å². The third-order valence-corrected chi connectivity index (χ3v) is 4.36. The Morgan fingerprint density at radius 1 is 1.07 bits per heavy atom. The van der Waals surface area contributed by atoms with Crippen molar-refractivity contribution in [1.29, 1.82) is 0 Å². The average Bonchev–Trinajstić information content (AvgIpc) is 2.65. The van der Waals surface area contributed by atoms with Crippen LogP contribution in [-0.2, 0) is 27.5 Å². The lowest BCUT2D eigenvalue weighted by Gasteiger charge is -2.18. The molecule has 2 amide bonds. The van der Waals surface area contributed by atoms with Gasteiger partial charge in [-0.1, -0.05) is 48.0 Å². The predicted octanol–water partition coefficient (Wildman–Crippen LogP) is 4.15. The molecule has 6 heteroatoms. The van der Waals surface area contributed by atoms with Crippen LogP contribution in [0.4, 0.5) is 0 Å². The summed E-state index contributed by atoms with van der Waals surface area (Å²) < 4.78 is 5.62. The standard InChI is InChI=1S/C22H27ClN2O3/c1-15(2)28-14-18-6-4-5-17(11-18)13-24-22(27)12-21(25-16(3)26)19-7-9-20(23)10-8-19/h4-11,15,21H,12-14H2,1-3H3,(H,24,27)(H,25,26). The molecular weight excluding hydrogens is 376 g/mol. The molecule has 2 aromatic carbocycles. The molecule has 0 heterocycles. The zero-order valence-corrected chi connectivity index (χ0v) is 17.3. The van der Waals surface area contributed by atoms with Gasteiger partial charge in [-0.05, 0) is 42.7 Å². The monoisotopic (exact) mass is 402 g/mol. The van der Waals surface area contributed by atoms with E-state index in [1.54, 1.807) is 12.1 Å². The minimum absolute atomic E-state index is 0.141. The highest BCUT2D eigenvalue weighted by atomic mass is 35.5. The van der Waals surface area contributed by atoms with Gasteiger partial charge in [0.1, 0.15) is 0 Å². The number of hydrogen-bond donors (Lipinski definition) is 2. The first kappa shape index (κ1) is 21.9. The van der Waals surface area contributed by atoms with Crippen LogP contribution in [0, 0.1) is 0 Å². The maximum atomic E-state index is 12.4. The molecule has 28 heavy (non-hydrogen) atoms. The number of rotatable bonds is 9. The normalized spacial score (nSPS) is 11.9. The summed E-state index contributed by atoms with van der Waals surface area (Å²) in [5.41, 5.74) is 2.90. The van der Waals surface area contributed by atoms with Crippen LogP contribution in [0.15, 0.2) is 48.5 Å². The number of hydrogen-bond acceptors (Lipinski definition) is 3. The molecule has 0 saturated carbocycles. The Hall–Kier alpha value is -2.37. The largest absolute Gasteiger partial charge is 0.374 e. The molecule has 0 bridgehead atoms. The van der Waals surface area contributed by atoms with Gasteiger partial charge in [0.25, 0.3) is 0 Å². The predicted molar refractivity (Wildman–Crippen MR) is 111 cm³/mol. The van der Waals surface area contributed by atoms with Crippen LogP contribution < -0.4 is 10.6 Å². The Bertz CT molecular complexity index is 791. The zero-order valence-electron chi connectivity index (χ0n) is 16.5. The van der Waals surface area contributed by atoms with E-state index in [0.717, 1.165) is 16.7 Å². The summed E-state index contributed by atoms with van der Waals surface area (Å²) in [5, 5.41) is 6.35. The van der Waals surface area contributed by atoms with E-state index in [1.807, 2.05) is 50.2 Å². The highest BCUT2D eigenvalue weighted by Gasteiger charge is 2.17. The minimum atomic E-state index is -0.402.